The Morgan fingerprint density at radius 1 is 1.33 bits per heavy atom. The smallest absolute Gasteiger partial charge is 0.223 e. The maximum absolute atomic E-state index is 9.35. The van der Waals surface area contributed by atoms with Gasteiger partial charge in [-0.3, -0.25) is 0 Å². The van der Waals surface area contributed by atoms with E-state index in [2.05, 4.69) is 15.3 Å². The quantitative estimate of drug-likeness (QED) is 0.675. The highest BCUT2D eigenvalue weighted by molar-refractivity contribution is 5.37. The van der Waals surface area contributed by atoms with Crippen LogP contribution in [0.3, 0.4) is 0 Å². The summed E-state index contributed by atoms with van der Waals surface area (Å²) in [7, 11) is 0. The number of aliphatic hydroxyl groups is 1. The van der Waals surface area contributed by atoms with Gasteiger partial charge < -0.3 is 16.2 Å². The van der Waals surface area contributed by atoms with E-state index in [9.17, 15) is 5.11 Å². The molecule has 1 rings (SSSR count). The summed E-state index contributed by atoms with van der Waals surface area (Å²) < 4.78 is 0. The molecule has 15 heavy (non-hydrogen) atoms. The van der Waals surface area contributed by atoms with Crippen molar-refractivity contribution in [1.82, 2.24) is 9.97 Å². The fourth-order valence-corrected chi connectivity index (χ4v) is 1.33. The number of nitrogens with one attached hydrogen (secondary N) is 1. The fraction of sp³-hybridized carbons (Fsp3) is 0.600. The summed E-state index contributed by atoms with van der Waals surface area (Å²) in [4.78, 5) is 8.10. The first-order valence-corrected chi connectivity index (χ1v) is 5.12. The van der Waals surface area contributed by atoms with Gasteiger partial charge in [0.2, 0.25) is 5.95 Å². The topological polar surface area (TPSA) is 84.1 Å². The molecule has 5 heteroatoms. The first kappa shape index (κ1) is 11.7. The number of nitrogens with two attached hydrogens (primary N) is 1. The molecule has 0 unspecified atom stereocenters. The van der Waals surface area contributed by atoms with Crippen molar-refractivity contribution in [3.05, 3.63) is 12.4 Å². The number of rotatable bonds is 5. The summed E-state index contributed by atoms with van der Waals surface area (Å²) in [6.07, 6.45) is 4.72. The van der Waals surface area contributed by atoms with E-state index in [4.69, 9.17) is 5.73 Å². The van der Waals surface area contributed by atoms with Crippen molar-refractivity contribution >= 4 is 11.6 Å². The van der Waals surface area contributed by atoms with Crippen LogP contribution in [0, 0.1) is 0 Å². The fourth-order valence-electron chi connectivity index (χ4n) is 1.33. The zero-order valence-electron chi connectivity index (χ0n) is 9.20. The summed E-state index contributed by atoms with van der Waals surface area (Å²) in [6, 6.07) is 0. The molecule has 0 aliphatic rings. The molecule has 5 nitrogen and oxygen atoms in total. The van der Waals surface area contributed by atoms with Crippen LogP contribution in [0.15, 0.2) is 12.4 Å². The lowest BCUT2D eigenvalue weighted by Gasteiger charge is -2.30. The minimum atomic E-state index is -0.337. The molecule has 0 fully saturated rings. The Balaban J connectivity index is 2.78. The van der Waals surface area contributed by atoms with Crippen LogP contribution in [0.5, 0.6) is 0 Å². The predicted molar refractivity (Wildman–Crippen MR) is 60.5 cm³/mol. The molecule has 0 bridgehead atoms. The van der Waals surface area contributed by atoms with Gasteiger partial charge in [0.1, 0.15) is 0 Å². The molecule has 0 radical (unpaired) electrons. The lowest BCUT2D eigenvalue weighted by molar-refractivity contribution is 0.201. The average Bonchev–Trinajstić information content (AvgIpc) is 2.29. The normalized spacial score (nSPS) is 11.4. The van der Waals surface area contributed by atoms with Crippen molar-refractivity contribution in [2.24, 2.45) is 0 Å². The number of anilines is 2. The lowest BCUT2D eigenvalue weighted by atomic mass is 9.94. The van der Waals surface area contributed by atoms with Gasteiger partial charge in [0, 0.05) is 0 Å². The summed E-state index contributed by atoms with van der Waals surface area (Å²) >= 11 is 0. The first-order valence-electron chi connectivity index (χ1n) is 5.12. The van der Waals surface area contributed by atoms with Crippen LogP contribution < -0.4 is 11.1 Å². The van der Waals surface area contributed by atoms with E-state index in [1.807, 2.05) is 13.8 Å². The minimum Gasteiger partial charge on any atom is -0.396 e. The van der Waals surface area contributed by atoms with Gasteiger partial charge in [0.25, 0.3) is 0 Å². The van der Waals surface area contributed by atoms with Crippen molar-refractivity contribution in [3.63, 3.8) is 0 Å². The van der Waals surface area contributed by atoms with E-state index >= 15 is 0 Å². The van der Waals surface area contributed by atoms with Gasteiger partial charge in [0.05, 0.1) is 30.2 Å². The molecule has 0 atom stereocenters. The van der Waals surface area contributed by atoms with Crippen LogP contribution in [-0.4, -0.2) is 27.2 Å². The van der Waals surface area contributed by atoms with E-state index < -0.39 is 0 Å². The third-order valence-electron chi connectivity index (χ3n) is 2.70. The van der Waals surface area contributed by atoms with Gasteiger partial charge in [-0.05, 0) is 12.8 Å². The standard InChI is InChI=1S/C10H18N4O/c1-3-10(4-2,7-15)14-9-12-5-8(11)6-13-9/h5-6,15H,3-4,7,11H2,1-2H3,(H,12,13,14). The molecular weight excluding hydrogens is 192 g/mol. The molecule has 1 aromatic rings. The number of nitrogens with zero attached hydrogens (tertiary/aromatic N) is 2. The highest BCUT2D eigenvalue weighted by Gasteiger charge is 2.25. The van der Waals surface area contributed by atoms with E-state index in [0.29, 0.717) is 11.6 Å². The molecule has 0 spiro atoms. The number of nitrogen functional groups attached to an aromatic ring is 1. The van der Waals surface area contributed by atoms with Crippen molar-refractivity contribution in [2.75, 3.05) is 17.7 Å². The molecule has 0 amide bonds. The van der Waals surface area contributed by atoms with Crippen LogP contribution in [0.2, 0.25) is 0 Å². The minimum absolute atomic E-state index is 0.0632. The second-order valence-corrected chi connectivity index (χ2v) is 3.61. The van der Waals surface area contributed by atoms with Crippen molar-refractivity contribution in [2.45, 2.75) is 32.2 Å². The Labute approximate surface area is 89.7 Å². The summed E-state index contributed by atoms with van der Waals surface area (Å²) in [5.41, 5.74) is 5.68. The van der Waals surface area contributed by atoms with Gasteiger partial charge >= 0.3 is 0 Å². The first-order chi connectivity index (χ1) is 7.15. The van der Waals surface area contributed by atoms with Crippen molar-refractivity contribution in [1.29, 1.82) is 0 Å². The largest absolute Gasteiger partial charge is 0.396 e. The van der Waals surface area contributed by atoms with Crippen LogP contribution in [0.1, 0.15) is 26.7 Å². The molecule has 0 saturated heterocycles. The SMILES string of the molecule is CCC(CC)(CO)Nc1ncc(N)cn1. The van der Waals surface area contributed by atoms with Crippen molar-refractivity contribution < 1.29 is 5.11 Å². The van der Waals surface area contributed by atoms with Gasteiger partial charge in [-0.25, -0.2) is 9.97 Å². The molecule has 0 saturated carbocycles. The molecule has 84 valence electrons. The van der Waals surface area contributed by atoms with E-state index in [1.54, 1.807) is 12.4 Å². The third kappa shape index (κ3) is 2.79. The number of aliphatic hydroxyl groups excluding tert-OH is 1. The van der Waals surface area contributed by atoms with Crippen LogP contribution >= 0.6 is 0 Å². The number of hydrogen-bond acceptors (Lipinski definition) is 5. The lowest BCUT2D eigenvalue weighted by Crippen LogP contribution is -2.41. The molecule has 4 N–H and O–H groups in total. The highest BCUT2D eigenvalue weighted by Crippen LogP contribution is 2.19. The molecule has 1 heterocycles. The summed E-state index contributed by atoms with van der Waals surface area (Å²) in [5.74, 6) is 0.502. The number of hydrogen-bond donors (Lipinski definition) is 3. The van der Waals surface area contributed by atoms with Crippen LogP contribution in [-0.2, 0) is 0 Å². The van der Waals surface area contributed by atoms with Crippen molar-refractivity contribution in [3.8, 4) is 0 Å². The summed E-state index contributed by atoms with van der Waals surface area (Å²) in [6.45, 7) is 4.10. The van der Waals surface area contributed by atoms with E-state index in [-0.39, 0.29) is 12.1 Å². The monoisotopic (exact) mass is 210 g/mol. The second kappa shape index (κ2) is 4.93. The Bertz CT molecular complexity index is 287. The zero-order valence-corrected chi connectivity index (χ0v) is 9.20. The third-order valence-corrected chi connectivity index (χ3v) is 2.70. The second-order valence-electron chi connectivity index (χ2n) is 3.61. The van der Waals surface area contributed by atoms with Gasteiger partial charge in [-0.2, -0.15) is 0 Å². The maximum atomic E-state index is 9.35. The Morgan fingerprint density at radius 3 is 2.27 bits per heavy atom. The zero-order chi connectivity index (χ0) is 11.3. The Hall–Kier alpha value is -1.36. The van der Waals surface area contributed by atoms with Gasteiger partial charge in [-0.1, -0.05) is 13.8 Å². The Morgan fingerprint density at radius 2 is 1.87 bits per heavy atom. The van der Waals surface area contributed by atoms with Crippen LogP contribution in [0.4, 0.5) is 11.6 Å². The number of aromatic nitrogens is 2. The maximum Gasteiger partial charge on any atom is 0.223 e. The molecule has 0 aliphatic heterocycles. The average molecular weight is 210 g/mol. The van der Waals surface area contributed by atoms with Crippen LogP contribution in [0.25, 0.3) is 0 Å². The summed E-state index contributed by atoms with van der Waals surface area (Å²) in [5, 5.41) is 12.5. The van der Waals surface area contributed by atoms with E-state index in [1.165, 1.54) is 0 Å². The van der Waals surface area contributed by atoms with E-state index in [0.717, 1.165) is 12.8 Å². The molecular formula is C10H18N4O. The van der Waals surface area contributed by atoms with Gasteiger partial charge in [0.15, 0.2) is 0 Å². The predicted octanol–water partition coefficient (Wildman–Crippen LogP) is 1.02. The van der Waals surface area contributed by atoms with Gasteiger partial charge in [-0.15, -0.1) is 0 Å². The molecule has 0 aliphatic carbocycles. The highest BCUT2D eigenvalue weighted by atomic mass is 16.3. The molecule has 1 aromatic heterocycles. The Kier molecular flexibility index (Phi) is 3.85. The molecule has 0 aromatic carbocycles.